The Morgan fingerprint density at radius 1 is 1.06 bits per heavy atom. The fourth-order valence-corrected chi connectivity index (χ4v) is 3.22. The molecule has 0 fully saturated rings. The van der Waals surface area contributed by atoms with Gasteiger partial charge in [-0.2, -0.15) is 0 Å². The number of benzene rings is 1. The van der Waals surface area contributed by atoms with Crippen molar-refractivity contribution in [3.8, 4) is 0 Å². The second-order valence-electron chi connectivity index (χ2n) is 9.22. The van der Waals surface area contributed by atoms with Crippen molar-refractivity contribution in [1.82, 2.24) is 15.2 Å². The fraction of sp³-hybridized carbons (Fsp3) is 0.480. The first-order valence-corrected chi connectivity index (χ1v) is 10.9. The Bertz CT molecular complexity index is 861. The maximum Gasteiger partial charge on any atom is 0.407 e. The van der Waals surface area contributed by atoms with Gasteiger partial charge in [0, 0.05) is 38.1 Å². The lowest BCUT2D eigenvalue weighted by Gasteiger charge is -2.31. The number of methoxy groups -OCH3 is 1. The van der Waals surface area contributed by atoms with E-state index in [1.165, 1.54) is 7.11 Å². The largest absolute Gasteiger partial charge is 0.465 e. The maximum absolute atomic E-state index is 12.4. The van der Waals surface area contributed by atoms with Crippen LogP contribution in [0, 0.1) is 5.92 Å². The van der Waals surface area contributed by atoms with Gasteiger partial charge in [0.25, 0.3) is 0 Å². The molecule has 1 atom stereocenters. The van der Waals surface area contributed by atoms with E-state index in [0.717, 1.165) is 11.1 Å². The molecule has 32 heavy (non-hydrogen) atoms. The highest BCUT2D eigenvalue weighted by molar-refractivity contribution is 5.89. The van der Waals surface area contributed by atoms with Crippen molar-refractivity contribution in [1.29, 1.82) is 0 Å². The van der Waals surface area contributed by atoms with Crippen molar-refractivity contribution in [2.75, 3.05) is 13.7 Å². The maximum atomic E-state index is 12.4. The average molecular weight is 442 g/mol. The first-order chi connectivity index (χ1) is 15.1. The molecule has 1 aromatic heterocycles. The van der Waals surface area contributed by atoms with Crippen LogP contribution in [-0.4, -0.2) is 47.2 Å². The highest BCUT2D eigenvalue weighted by Gasteiger charge is 2.24. The summed E-state index contributed by atoms with van der Waals surface area (Å²) in [5.41, 5.74) is 2.10. The molecule has 0 saturated carbocycles. The van der Waals surface area contributed by atoms with Crippen molar-refractivity contribution >= 4 is 12.1 Å². The molecule has 0 bridgehead atoms. The Kier molecular flexibility index (Phi) is 9.20. The van der Waals surface area contributed by atoms with Crippen molar-refractivity contribution in [3.05, 3.63) is 65.5 Å². The van der Waals surface area contributed by atoms with Crippen molar-refractivity contribution in [3.63, 3.8) is 0 Å². The zero-order valence-electron chi connectivity index (χ0n) is 19.9. The highest BCUT2D eigenvalue weighted by Crippen LogP contribution is 2.15. The molecule has 0 aliphatic carbocycles. The Hall–Kier alpha value is -2.93. The van der Waals surface area contributed by atoms with Gasteiger partial charge in [0.15, 0.2) is 0 Å². The number of alkyl carbamates (subject to hydrolysis) is 1. The van der Waals surface area contributed by atoms with Gasteiger partial charge < -0.3 is 14.8 Å². The highest BCUT2D eigenvalue weighted by atomic mass is 16.6. The van der Waals surface area contributed by atoms with Gasteiger partial charge >= 0.3 is 12.1 Å². The standard InChI is InChI=1S/C25H35N3O4/c1-18(2)22(27-24(30)32-25(3,4)5)17-28(16-20-8-7-13-26-14-20)15-19-9-11-21(12-10-19)23(29)31-6/h7-14,18,22H,15-17H2,1-6H3,(H,27,30). The number of carbonyl (C=O) groups excluding carboxylic acids is 2. The normalized spacial score (nSPS) is 12.5. The number of hydrogen-bond donors (Lipinski definition) is 1. The molecule has 0 aliphatic heterocycles. The van der Waals surface area contributed by atoms with Crippen LogP contribution in [0.1, 0.15) is 56.1 Å². The van der Waals surface area contributed by atoms with Crippen LogP contribution >= 0.6 is 0 Å². The minimum atomic E-state index is -0.553. The summed E-state index contributed by atoms with van der Waals surface area (Å²) in [6.07, 6.45) is 3.18. The molecule has 174 valence electrons. The zero-order chi connectivity index (χ0) is 23.7. The monoisotopic (exact) mass is 441 g/mol. The van der Waals surface area contributed by atoms with E-state index in [4.69, 9.17) is 9.47 Å². The zero-order valence-corrected chi connectivity index (χ0v) is 19.9. The van der Waals surface area contributed by atoms with Gasteiger partial charge in [-0.3, -0.25) is 9.88 Å². The van der Waals surface area contributed by atoms with Crippen molar-refractivity contribution < 1.29 is 19.1 Å². The topological polar surface area (TPSA) is 80.8 Å². The fourth-order valence-electron chi connectivity index (χ4n) is 3.22. The molecule has 2 rings (SSSR count). The molecule has 1 aromatic carbocycles. The second kappa shape index (κ2) is 11.6. The molecule has 1 N–H and O–H groups in total. The number of amides is 1. The van der Waals surface area contributed by atoms with E-state index >= 15 is 0 Å². The van der Waals surface area contributed by atoms with E-state index in [2.05, 4.69) is 29.0 Å². The van der Waals surface area contributed by atoms with Crippen LogP contribution in [0.5, 0.6) is 0 Å². The summed E-state index contributed by atoms with van der Waals surface area (Å²) < 4.78 is 10.2. The summed E-state index contributed by atoms with van der Waals surface area (Å²) in [5, 5.41) is 3.03. The molecule has 2 aromatic rings. The average Bonchev–Trinajstić information content (AvgIpc) is 2.72. The van der Waals surface area contributed by atoms with Gasteiger partial charge in [-0.05, 0) is 56.0 Å². The number of pyridine rings is 1. The summed E-state index contributed by atoms with van der Waals surface area (Å²) in [6.45, 7) is 11.7. The molecule has 0 spiro atoms. The van der Waals surface area contributed by atoms with Crippen LogP contribution in [0.25, 0.3) is 0 Å². The third-order valence-corrected chi connectivity index (χ3v) is 4.87. The van der Waals surface area contributed by atoms with E-state index in [1.807, 2.05) is 51.2 Å². The van der Waals surface area contributed by atoms with Crippen LogP contribution in [0.4, 0.5) is 4.79 Å². The number of nitrogens with one attached hydrogen (secondary N) is 1. The molecule has 7 heteroatoms. The van der Waals surface area contributed by atoms with Crippen molar-refractivity contribution in [2.45, 2.75) is 59.4 Å². The minimum Gasteiger partial charge on any atom is -0.465 e. The number of nitrogens with zero attached hydrogens (tertiary/aromatic N) is 2. The van der Waals surface area contributed by atoms with Crippen LogP contribution in [0.15, 0.2) is 48.8 Å². The first kappa shape index (κ1) is 25.3. The quantitative estimate of drug-likeness (QED) is 0.580. The molecular weight excluding hydrogens is 406 g/mol. The number of carbonyl (C=O) groups is 2. The van der Waals surface area contributed by atoms with E-state index in [-0.39, 0.29) is 17.9 Å². The molecule has 1 amide bonds. The first-order valence-electron chi connectivity index (χ1n) is 10.9. The predicted molar refractivity (Wildman–Crippen MR) is 124 cm³/mol. The summed E-state index contributed by atoms with van der Waals surface area (Å²) >= 11 is 0. The number of hydrogen-bond acceptors (Lipinski definition) is 6. The van der Waals surface area contributed by atoms with E-state index in [1.54, 1.807) is 18.3 Å². The van der Waals surface area contributed by atoms with Gasteiger partial charge in [-0.1, -0.05) is 32.0 Å². The molecule has 0 radical (unpaired) electrons. The van der Waals surface area contributed by atoms with E-state index in [0.29, 0.717) is 25.2 Å². The lowest BCUT2D eigenvalue weighted by Crippen LogP contribution is -2.48. The van der Waals surface area contributed by atoms with Gasteiger partial charge in [0.1, 0.15) is 5.60 Å². The van der Waals surface area contributed by atoms with Gasteiger partial charge in [-0.25, -0.2) is 9.59 Å². The summed E-state index contributed by atoms with van der Waals surface area (Å²) in [4.78, 5) is 30.6. The lowest BCUT2D eigenvalue weighted by molar-refractivity contribution is 0.0470. The SMILES string of the molecule is COC(=O)c1ccc(CN(Cc2cccnc2)CC(NC(=O)OC(C)(C)C)C(C)C)cc1. The molecular formula is C25H35N3O4. The Morgan fingerprint density at radius 3 is 2.25 bits per heavy atom. The predicted octanol–water partition coefficient (Wildman–Crippen LogP) is 4.42. The Balaban J connectivity index is 2.17. The van der Waals surface area contributed by atoms with Crippen LogP contribution in [0.2, 0.25) is 0 Å². The molecule has 7 nitrogen and oxygen atoms in total. The number of aromatic nitrogens is 1. The third-order valence-electron chi connectivity index (χ3n) is 4.87. The Labute approximate surface area is 191 Å². The van der Waals surface area contributed by atoms with Gasteiger partial charge in [0.2, 0.25) is 0 Å². The Morgan fingerprint density at radius 2 is 1.72 bits per heavy atom. The van der Waals surface area contributed by atoms with Gasteiger partial charge in [0.05, 0.1) is 12.7 Å². The van der Waals surface area contributed by atoms with Crippen LogP contribution < -0.4 is 5.32 Å². The molecule has 0 aliphatic rings. The van der Waals surface area contributed by atoms with Crippen LogP contribution in [0.3, 0.4) is 0 Å². The molecule has 1 heterocycles. The summed E-state index contributed by atoms with van der Waals surface area (Å²) in [7, 11) is 1.37. The molecule has 1 unspecified atom stereocenters. The molecule has 0 saturated heterocycles. The summed E-state index contributed by atoms with van der Waals surface area (Å²) in [6, 6.07) is 11.2. The lowest BCUT2D eigenvalue weighted by atomic mass is 10.0. The van der Waals surface area contributed by atoms with Gasteiger partial charge in [-0.15, -0.1) is 0 Å². The number of rotatable bonds is 9. The second-order valence-corrected chi connectivity index (χ2v) is 9.22. The smallest absolute Gasteiger partial charge is 0.407 e. The van der Waals surface area contributed by atoms with E-state index < -0.39 is 11.7 Å². The van der Waals surface area contributed by atoms with Crippen LogP contribution in [-0.2, 0) is 22.6 Å². The van der Waals surface area contributed by atoms with E-state index in [9.17, 15) is 9.59 Å². The van der Waals surface area contributed by atoms with Crippen molar-refractivity contribution in [2.24, 2.45) is 5.92 Å². The number of ether oxygens (including phenoxy) is 2. The third kappa shape index (κ3) is 8.67. The number of esters is 1. The summed E-state index contributed by atoms with van der Waals surface area (Å²) in [5.74, 6) is -0.147. The minimum absolute atomic E-state index is 0.101.